The smallest absolute Gasteiger partial charge is 0.297 e. The van der Waals surface area contributed by atoms with E-state index >= 15 is 0 Å². The van der Waals surface area contributed by atoms with Gasteiger partial charge in [-0.15, -0.1) is 0 Å². The summed E-state index contributed by atoms with van der Waals surface area (Å²) in [6, 6.07) is 23.6. The second-order valence-corrected chi connectivity index (χ2v) is 20.2. The first-order valence-corrected chi connectivity index (χ1v) is 29.4. The standard InChI is InChI=1S/C22H32N6O9.C10H15N3O4.C9H13N3O3.C8H10ClN3O3.C8H11N3O2/c1-22(32,37-14-2-3-17(25-6-9-29)18(12-14)27(33)34)16-13-19(26(7-10-30)8-11-31)20(24)21(28(35)36)15(16)4-5-23;14-5-3-11-9-2-1-8(13(16)17)7-10(9)12-4-6-15;1-6-4-7(10)9(12(14)15)5-8(6)11-2-3-13;9-5-3-7(11-1-2-13)8(12(14)15)4-6(5)10;9-6-7-10(11(12)13)8-4-2-1-3-5-8/h2-3,12-13,25,29-32H,4-11,23-24H2,1H3;1-2,7,11-12,14-15H,3-6H2;4-5,11,13H,2-3,10H2,1H3;3-4,11,13H,1-2,10H2;1-5H,6-7,9H2. The van der Waals surface area contributed by atoms with Crippen LogP contribution in [0.1, 0.15) is 23.6 Å². The number of nitrogen functional groups attached to an aromatic ring is 3. The van der Waals surface area contributed by atoms with Crippen LogP contribution in [0.25, 0.3) is 0 Å². The molecule has 0 aliphatic heterocycles. The molecule has 0 heterocycles. The summed E-state index contributed by atoms with van der Waals surface area (Å²) in [7, 11) is 0. The Bertz CT molecular complexity index is 3530. The first-order valence-electron chi connectivity index (χ1n) is 29.0. The van der Waals surface area contributed by atoms with Crippen LogP contribution in [-0.2, 0) is 12.2 Å². The van der Waals surface area contributed by atoms with Gasteiger partial charge in [0.2, 0.25) is 5.79 Å². The lowest BCUT2D eigenvalue weighted by atomic mass is 9.93. The zero-order valence-electron chi connectivity index (χ0n) is 52.7. The third-order valence-corrected chi connectivity index (χ3v) is 13.2. The van der Waals surface area contributed by atoms with Crippen molar-refractivity contribution in [1.29, 1.82) is 0 Å². The molecule has 1 unspecified atom stereocenters. The maximum absolute atomic E-state index is 12.0. The van der Waals surface area contributed by atoms with E-state index < -0.39 is 41.1 Å². The van der Waals surface area contributed by atoms with Gasteiger partial charge in [-0.2, -0.15) is 0 Å². The molecule has 23 N–H and O–H groups in total. The predicted molar refractivity (Wildman–Crippen MR) is 366 cm³/mol. The highest BCUT2D eigenvalue weighted by molar-refractivity contribution is 6.33. The number of rotatable bonds is 34. The highest BCUT2D eigenvalue weighted by Crippen LogP contribution is 2.43. The zero-order valence-corrected chi connectivity index (χ0v) is 53.4. The summed E-state index contributed by atoms with van der Waals surface area (Å²) in [5, 5.41) is 155. The van der Waals surface area contributed by atoms with Gasteiger partial charge < -0.3 is 106 Å². The summed E-state index contributed by atoms with van der Waals surface area (Å²) in [6.45, 7) is 3.48. The maximum atomic E-state index is 12.0. The molecule has 0 aliphatic rings. The predicted octanol–water partition coefficient (Wildman–Crippen LogP) is 3.20. The molecule has 0 radical (unpaired) electrons. The van der Waals surface area contributed by atoms with E-state index in [1.807, 2.05) is 6.07 Å². The van der Waals surface area contributed by atoms with Crippen molar-refractivity contribution in [2.45, 2.75) is 26.1 Å². The minimum absolute atomic E-state index is 0.00225. The molecule has 39 nitrogen and oxygen atoms in total. The van der Waals surface area contributed by atoms with Gasteiger partial charge in [0.1, 0.15) is 34.2 Å². The number of nitro benzene ring substituents is 5. The van der Waals surface area contributed by atoms with E-state index in [9.17, 15) is 76.0 Å². The molecule has 0 aliphatic carbocycles. The summed E-state index contributed by atoms with van der Waals surface area (Å²) in [5.74, 6) is -2.37. The van der Waals surface area contributed by atoms with Crippen LogP contribution in [0.4, 0.5) is 85.3 Å². The van der Waals surface area contributed by atoms with E-state index in [1.54, 1.807) is 37.3 Å². The van der Waals surface area contributed by atoms with Crippen LogP contribution in [0, 0.1) is 67.6 Å². The number of ether oxygens (including phenoxy) is 1. The number of aryl methyl sites for hydroxylation is 1. The molecule has 532 valence electrons. The molecule has 6 aromatic rings. The molecular weight excluding hydrogens is 1310 g/mol. The largest absolute Gasteiger partial charge is 0.458 e. The highest BCUT2D eigenvalue weighted by atomic mass is 35.5. The molecule has 0 aromatic heterocycles. The molecule has 6 aromatic carbocycles. The Morgan fingerprint density at radius 1 is 0.526 bits per heavy atom. The van der Waals surface area contributed by atoms with Crippen molar-refractivity contribution in [3.8, 4) is 5.75 Å². The molecule has 6 rings (SSSR count). The van der Waals surface area contributed by atoms with Crippen LogP contribution < -0.4 is 69.9 Å². The fourth-order valence-corrected chi connectivity index (χ4v) is 8.78. The maximum Gasteiger partial charge on any atom is 0.297 e. The first-order chi connectivity index (χ1) is 46.1. The topological polar surface area (TPSA) is 627 Å². The van der Waals surface area contributed by atoms with Gasteiger partial charge in [-0.3, -0.25) is 50.6 Å². The number of nitrogens with two attached hydrogens (primary N) is 5. The van der Waals surface area contributed by atoms with E-state index in [1.165, 1.54) is 66.4 Å². The quantitative estimate of drug-likeness (QED) is 0.0119. The van der Waals surface area contributed by atoms with Crippen molar-refractivity contribution in [3.05, 3.63) is 179 Å². The number of para-hydroxylation sites is 1. The molecular formula is C57H81ClN18O21. The average molecular weight is 1390 g/mol. The molecule has 0 saturated heterocycles. The van der Waals surface area contributed by atoms with Gasteiger partial charge in [0.05, 0.1) is 111 Å². The van der Waals surface area contributed by atoms with Crippen molar-refractivity contribution < 1.29 is 75.2 Å². The Kier molecular flexibility index (Phi) is 36.3. The number of benzene rings is 6. The Morgan fingerprint density at radius 2 is 1.03 bits per heavy atom. The van der Waals surface area contributed by atoms with Crippen molar-refractivity contribution >= 4 is 96.9 Å². The minimum Gasteiger partial charge on any atom is -0.458 e. The van der Waals surface area contributed by atoms with Gasteiger partial charge in [-0.05, 0) is 74.0 Å². The van der Waals surface area contributed by atoms with E-state index in [4.69, 9.17) is 70.5 Å². The summed E-state index contributed by atoms with van der Waals surface area (Å²) in [4.78, 5) is 64.5. The number of nitro groups is 6. The Morgan fingerprint density at radius 3 is 1.52 bits per heavy atom. The lowest BCUT2D eigenvalue weighted by molar-refractivity contribution is -0.494. The lowest BCUT2D eigenvalue weighted by Crippen LogP contribution is -2.34. The van der Waals surface area contributed by atoms with E-state index in [0.717, 1.165) is 16.6 Å². The molecule has 97 heavy (non-hydrogen) atoms. The van der Waals surface area contributed by atoms with Crippen molar-refractivity contribution in [3.63, 3.8) is 0 Å². The molecule has 0 spiro atoms. The number of aliphatic hydroxyl groups excluding tert-OH is 7. The fraction of sp³-hybridized carbons (Fsp3) is 0.368. The summed E-state index contributed by atoms with van der Waals surface area (Å²) in [6.07, 6.45) is -0.0558. The van der Waals surface area contributed by atoms with E-state index in [2.05, 4.69) is 26.6 Å². The molecule has 0 bridgehead atoms. The summed E-state index contributed by atoms with van der Waals surface area (Å²) in [5.41, 5.74) is 30.4. The highest BCUT2D eigenvalue weighted by Gasteiger charge is 2.37. The number of hydrogen-bond donors (Lipinski definition) is 18. The van der Waals surface area contributed by atoms with Crippen molar-refractivity contribution in [1.82, 2.24) is 0 Å². The summed E-state index contributed by atoms with van der Waals surface area (Å²) >= 11 is 5.72. The van der Waals surface area contributed by atoms with E-state index in [0.29, 0.717) is 42.4 Å². The third kappa shape index (κ3) is 26.3. The average Bonchev–Trinajstić information content (AvgIpc) is 0.760. The Balaban J connectivity index is 0.000000446. The number of aliphatic hydroxyl groups is 8. The monoisotopic (exact) mass is 1390 g/mol. The molecule has 0 saturated carbocycles. The van der Waals surface area contributed by atoms with Gasteiger partial charge >= 0.3 is 0 Å². The minimum atomic E-state index is -2.25. The van der Waals surface area contributed by atoms with Crippen LogP contribution >= 0.6 is 11.6 Å². The molecule has 1 atom stereocenters. The first kappa shape index (κ1) is 82.5. The van der Waals surface area contributed by atoms with Gasteiger partial charge in [-0.25, -0.2) is 10.1 Å². The van der Waals surface area contributed by atoms with Crippen LogP contribution in [0.15, 0.2) is 97.1 Å². The Hall–Kier alpha value is -10.6. The second kappa shape index (κ2) is 42.7. The van der Waals surface area contributed by atoms with Gasteiger partial charge in [0.15, 0.2) is 5.03 Å². The van der Waals surface area contributed by atoms with E-state index in [-0.39, 0.29) is 177 Å². The van der Waals surface area contributed by atoms with Gasteiger partial charge in [-0.1, -0.05) is 34.8 Å². The number of halogens is 1. The Labute approximate surface area is 558 Å². The van der Waals surface area contributed by atoms with Crippen molar-refractivity contribution in [2.24, 2.45) is 11.5 Å². The number of nitrogens with zero attached hydrogens (tertiary/aromatic N) is 8. The van der Waals surface area contributed by atoms with Crippen molar-refractivity contribution in [2.75, 3.05) is 165 Å². The van der Waals surface area contributed by atoms with Crippen LogP contribution in [0.5, 0.6) is 5.75 Å². The number of anilines is 10. The van der Waals surface area contributed by atoms with Crippen LogP contribution in [0.2, 0.25) is 5.02 Å². The normalized spacial score (nSPS) is 10.9. The molecule has 40 heteroatoms. The number of non-ortho nitro benzene ring substituents is 1. The molecule has 0 fully saturated rings. The molecule has 0 amide bonds. The second-order valence-electron chi connectivity index (χ2n) is 19.8. The van der Waals surface area contributed by atoms with Crippen LogP contribution in [0.3, 0.4) is 0 Å². The zero-order chi connectivity index (χ0) is 73.0. The number of hydrogen-bond acceptors (Lipinski definition) is 32. The fourth-order valence-electron chi connectivity index (χ4n) is 8.61. The summed E-state index contributed by atoms with van der Waals surface area (Å²) < 4.78 is 5.71. The third-order valence-electron chi connectivity index (χ3n) is 12.9. The SMILES string of the molecule is CC(O)(Oc1ccc(NCCO)c([N+](=O)[O-])c1)c1cc(N(CCO)CCO)c(N)c([N+](=O)[O-])c1CCN.Cc1cc(N)c([N+](=O)[O-])cc1NCCO.NCCN(c1ccccc1)[N+](=O)[O-].Nc1cc([N+](=O)[O-])c(NCCO)cc1Cl.O=[N+]([O-])c1ccc(NCCO)c(NCCO)c1. The lowest BCUT2D eigenvalue weighted by Gasteiger charge is -2.31. The van der Waals surface area contributed by atoms with Crippen LogP contribution in [-0.4, -0.2) is 182 Å². The van der Waals surface area contributed by atoms with Gasteiger partial charge in [0, 0.05) is 100 Å². The number of nitrogens with one attached hydrogen (secondary N) is 5. The van der Waals surface area contributed by atoms with Gasteiger partial charge in [0.25, 0.3) is 28.4 Å². The number of hydrazine groups is 1.